The third kappa shape index (κ3) is 4.24. The summed E-state index contributed by atoms with van der Waals surface area (Å²) in [5, 5.41) is 12.0. The van der Waals surface area contributed by atoms with Crippen LogP contribution in [0.15, 0.2) is 18.2 Å². The molecule has 0 saturated carbocycles. The average Bonchev–Trinajstić information content (AvgIpc) is 3.18. The van der Waals surface area contributed by atoms with Gasteiger partial charge < -0.3 is 14.8 Å². The number of Topliss-reactive ketones (excluding diaryl/α,β-unsaturated/α-hetero) is 1. The molecule has 7 nitrogen and oxygen atoms in total. The molecule has 2 aliphatic rings. The highest BCUT2D eigenvalue weighted by atomic mass is 16.2. The molecule has 1 amide bonds. The molecule has 0 spiro atoms. The van der Waals surface area contributed by atoms with Gasteiger partial charge in [0, 0.05) is 50.5 Å². The summed E-state index contributed by atoms with van der Waals surface area (Å²) in [6.07, 6.45) is 2.36. The number of fused-ring (bicyclic) bond motifs is 1. The molecule has 154 valence electrons. The minimum Gasteiger partial charge on any atom is -0.343 e. The van der Waals surface area contributed by atoms with Crippen molar-refractivity contribution in [1.29, 1.82) is 0 Å². The first-order valence-corrected chi connectivity index (χ1v) is 10.5. The van der Waals surface area contributed by atoms with E-state index in [-0.39, 0.29) is 24.5 Å². The molecule has 0 atom stereocenters. The van der Waals surface area contributed by atoms with Crippen LogP contribution in [0.4, 0.5) is 0 Å². The van der Waals surface area contributed by atoms with Crippen molar-refractivity contribution in [3.8, 4) is 0 Å². The number of likely N-dealkylation sites (tertiary alicyclic amines) is 1. The Kier molecular flexibility index (Phi) is 5.76. The van der Waals surface area contributed by atoms with Crippen LogP contribution in [-0.4, -0.2) is 51.0 Å². The van der Waals surface area contributed by atoms with Crippen molar-refractivity contribution in [2.45, 2.75) is 58.5 Å². The topological polar surface area (TPSA) is 80.1 Å². The van der Waals surface area contributed by atoms with E-state index in [9.17, 15) is 9.59 Å². The fourth-order valence-electron chi connectivity index (χ4n) is 4.24. The van der Waals surface area contributed by atoms with E-state index in [0.717, 1.165) is 62.8 Å². The third-order valence-corrected chi connectivity index (χ3v) is 6.26. The van der Waals surface area contributed by atoms with Gasteiger partial charge in [-0.25, -0.2) is 0 Å². The summed E-state index contributed by atoms with van der Waals surface area (Å²) in [5.41, 5.74) is 2.98. The Morgan fingerprint density at radius 1 is 1.07 bits per heavy atom. The zero-order valence-corrected chi connectivity index (χ0v) is 17.3. The maximum atomic E-state index is 12.6. The molecule has 2 aromatic rings. The molecule has 1 saturated heterocycles. The van der Waals surface area contributed by atoms with Crippen LogP contribution in [0.5, 0.6) is 0 Å². The average molecular weight is 396 g/mol. The van der Waals surface area contributed by atoms with Crippen molar-refractivity contribution in [2.75, 3.05) is 19.6 Å². The number of nitrogens with zero attached hydrogens (tertiary/aromatic N) is 4. The van der Waals surface area contributed by atoms with Crippen LogP contribution >= 0.6 is 0 Å². The summed E-state index contributed by atoms with van der Waals surface area (Å²) in [4.78, 5) is 27.0. The first kappa shape index (κ1) is 19.8. The van der Waals surface area contributed by atoms with Crippen molar-refractivity contribution in [3.63, 3.8) is 0 Å². The van der Waals surface area contributed by atoms with Crippen LogP contribution in [0, 0.1) is 13.8 Å². The number of ketones is 1. The predicted octanol–water partition coefficient (Wildman–Crippen LogP) is 2.37. The highest BCUT2D eigenvalue weighted by molar-refractivity contribution is 5.98. The van der Waals surface area contributed by atoms with E-state index in [1.807, 2.05) is 36.9 Å². The molecule has 7 heteroatoms. The lowest BCUT2D eigenvalue weighted by molar-refractivity contribution is -0.132. The summed E-state index contributed by atoms with van der Waals surface area (Å²) >= 11 is 0. The quantitative estimate of drug-likeness (QED) is 0.786. The molecule has 1 aromatic heterocycles. The number of aryl methyl sites for hydroxylation is 2. The molecule has 0 unspecified atom stereocenters. The van der Waals surface area contributed by atoms with Crippen molar-refractivity contribution in [1.82, 2.24) is 25.0 Å². The Morgan fingerprint density at radius 2 is 1.86 bits per heavy atom. The fraction of sp³-hybridized carbons (Fsp3) is 0.545. The predicted molar refractivity (Wildman–Crippen MR) is 110 cm³/mol. The molecule has 29 heavy (non-hydrogen) atoms. The Labute approximate surface area is 171 Å². The number of nitrogens with one attached hydrogen (secondary N) is 1. The number of rotatable bonds is 5. The van der Waals surface area contributed by atoms with Crippen LogP contribution in [0.25, 0.3) is 0 Å². The van der Waals surface area contributed by atoms with Crippen LogP contribution in [0.1, 0.15) is 64.7 Å². The van der Waals surface area contributed by atoms with Crippen molar-refractivity contribution in [3.05, 3.63) is 46.5 Å². The van der Waals surface area contributed by atoms with Gasteiger partial charge in [-0.2, -0.15) is 0 Å². The number of carbonyl (C=O) groups excluding carboxylic acids is 2. The second-order valence-corrected chi connectivity index (χ2v) is 8.18. The number of carbonyl (C=O) groups is 2. The molecule has 0 bridgehead atoms. The largest absolute Gasteiger partial charge is 0.343 e. The summed E-state index contributed by atoms with van der Waals surface area (Å²) in [6, 6.07) is 5.74. The molecule has 2 aliphatic heterocycles. The zero-order chi connectivity index (χ0) is 20.4. The first-order valence-electron chi connectivity index (χ1n) is 10.5. The number of amides is 1. The third-order valence-electron chi connectivity index (χ3n) is 6.26. The molecule has 0 radical (unpaired) electrons. The Balaban J connectivity index is 1.28. The molecular formula is C22H29N5O2. The van der Waals surface area contributed by atoms with Gasteiger partial charge in [0.15, 0.2) is 5.78 Å². The SMILES string of the molecule is Cc1ccc(C(=O)CCC(=O)N2CCC(c3nnc4n3CCNC4)CC2)cc1C. The van der Waals surface area contributed by atoms with Gasteiger partial charge in [0.05, 0.1) is 6.54 Å². The van der Waals surface area contributed by atoms with E-state index in [4.69, 9.17) is 0 Å². The van der Waals surface area contributed by atoms with Gasteiger partial charge in [0.2, 0.25) is 5.91 Å². The lowest BCUT2D eigenvalue weighted by Gasteiger charge is -2.32. The van der Waals surface area contributed by atoms with Crippen LogP contribution in [-0.2, 0) is 17.9 Å². The lowest BCUT2D eigenvalue weighted by atomic mass is 9.95. The van der Waals surface area contributed by atoms with E-state index in [1.165, 1.54) is 5.56 Å². The number of piperidine rings is 1. The van der Waals surface area contributed by atoms with E-state index >= 15 is 0 Å². The normalized spacial score (nSPS) is 17.2. The maximum Gasteiger partial charge on any atom is 0.223 e. The van der Waals surface area contributed by atoms with Gasteiger partial charge in [-0.3, -0.25) is 9.59 Å². The van der Waals surface area contributed by atoms with Gasteiger partial charge in [-0.05, 0) is 43.9 Å². The zero-order valence-electron chi connectivity index (χ0n) is 17.3. The molecule has 1 N–H and O–H groups in total. The maximum absolute atomic E-state index is 12.6. The fourth-order valence-corrected chi connectivity index (χ4v) is 4.24. The Morgan fingerprint density at radius 3 is 2.62 bits per heavy atom. The minimum absolute atomic E-state index is 0.0417. The van der Waals surface area contributed by atoms with Gasteiger partial charge in [0.25, 0.3) is 0 Å². The highest BCUT2D eigenvalue weighted by Crippen LogP contribution is 2.28. The van der Waals surface area contributed by atoms with Gasteiger partial charge in [0.1, 0.15) is 11.6 Å². The van der Waals surface area contributed by atoms with Crippen LogP contribution < -0.4 is 5.32 Å². The molecule has 1 aromatic carbocycles. The van der Waals surface area contributed by atoms with Gasteiger partial charge in [-0.1, -0.05) is 12.1 Å². The smallest absolute Gasteiger partial charge is 0.223 e. The van der Waals surface area contributed by atoms with Crippen molar-refractivity contribution < 1.29 is 9.59 Å². The summed E-state index contributed by atoms with van der Waals surface area (Å²) in [7, 11) is 0. The van der Waals surface area contributed by atoms with Crippen molar-refractivity contribution >= 4 is 11.7 Å². The summed E-state index contributed by atoms with van der Waals surface area (Å²) in [5.74, 6) is 2.55. The minimum atomic E-state index is 0.0417. The molecule has 1 fully saturated rings. The van der Waals surface area contributed by atoms with E-state index in [2.05, 4.69) is 20.1 Å². The number of benzene rings is 1. The van der Waals surface area contributed by atoms with Gasteiger partial charge >= 0.3 is 0 Å². The standard InChI is InChI=1S/C22H29N5O2/c1-15-3-4-18(13-16(15)2)19(28)5-6-21(29)26-10-7-17(8-11-26)22-25-24-20-14-23-9-12-27(20)22/h3-4,13,17,23H,5-12,14H2,1-2H3. The van der Waals surface area contributed by atoms with E-state index in [1.54, 1.807) is 0 Å². The molecule has 4 rings (SSSR count). The number of aromatic nitrogens is 3. The Hall–Kier alpha value is -2.54. The van der Waals surface area contributed by atoms with E-state index in [0.29, 0.717) is 11.5 Å². The van der Waals surface area contributed by atoms with Gasteiger partial charge in [-0.15, -0.1) is 10.2 Å². The lowest BCUT2D eigenvalue weighted by Crippen LogP contribution is -2.39. The second-order valence-electron chi connectivity index (χ2n) is 8.18. The molecule has 0 aliphatic carbocycles. The van der Waals surface area contributed by atoms with E-state index < -0.39 is 0 Å². The Bertz CT molecular complexity index is 912. The van der Waals surface area contributed by atoms with Crippen LogP contribution in [0.3, 0.4) is 0 Å². The monoisotopic (exact) mass is 395 g/mol. The highest BCUT2D eigenvalue weighted by Gasteiger charge is 2.28. The molecular weight excluding hydrogens is 366 g/mol. The summed E-state index contributed by atoms with van der Waals surface area (Å²) in [6.45, 7) is 8.12. The van der Waals surface area contributed by atoms with Crippen molar-refractivity contribution in [2.24, 2.45) is 0 Å². The second kappa shape index (κ2) is 8.45. The molecule has 3 heterocycles. The number of hydrogen-bond acceptors (Lipinski definition) is 5. The van der Waals surface area contributed by atoms with Crippen LogP contribution in [0.2, 0.25) is 0 Å². The summed E-state index contributed by atoms with van der Waals surface area (Å²) < 4.78 is 2.24. The number of hydrogen-bond donors (Lipinski definition) is 1. The first-order chi connectivity index (χ1) is 14.0.